The Bertz CT molecular complexity index is 1510. The van der Waals surface area contributed by atoms with Gasteiger partial charge in [-0.3, -0.25) is 14.3 Å². The summed E-state index contributed by atoms with van der Waals surface area (Å²) in [4.78, 5) is 35.2. The average Bonchev–Trinajstić information content (AvgIpc) is 3.21. The number of hydrogen-bond donors (Lipinski definition) is 2. The Kier molecular flexibility index (Phi) is 6.75. The molecule has 0 bridgehead atoms. The third kappa shape index (κ3) is 4.84. The predicted molar refractivity (Wildman–Crippen MR) is 144 cm³/mol. The summed E-state index contributed by atoms with van der Waals surface area (Å²) < 4.78 is 3.49. The lowest BCUT2D eigenvalue weighted by Gasteiger charge is -2.27. The molecule has 2 heterocycles. The average molecular weight is 485 g/mol. The first-order valence-corrected chi connectivity index (χ1v) is 12.5. The molecule has 1 aliphatic carbocycles. The Hall–Kier alpha value is -4.07. The van der Waals surface area contributed by atoms with Gasteiger partial charge in [-0.1, -0.05) is 54.1 Å². The highest BCUT2D eigenvalue weighted by Crippen LogP contribution is 2.25. The van der Waals surface area contributed by atoms with E-state index >= 15 is 0 Å². The number of aromatic nitrogens is 4. The third-order valence-electron chi connectivity index (χ3n) is 7.01. The number of nitrogens with one attached hydrogen (secondary N) is 1. The summed E-state index contributed by atoms with van der Waals surface area (Å²) >= 11 is 0. The van der Waals surface area contributed by atoms with Gasteiger partial charge in [0.15, 0.2) is 0 Å². The van der Waals surface area contributed by atoms with Crippen LogP contribution in [0.1, 0.15) is 43.5 Å². The van der Waals surface area contributed by atoms with Crippen molar-refractivity contribution in [3.05, 3.63) is 98.5 Å². The van der Waals surface area contributed by atoms with Crippen LogP contribution in [0.4, 0.5) is 11.5 Å². The van der Waals surface area contributed by atoms with Crippen LogP contribution in [0.5, 0.6) is 0 Å². The number of H-pyrrole nitrogens is 1. The maximum atomic E-state index is 13.2. The minimum absolute atomic E-state index is 0.170. The van der Waals surface area contributed by atoms with Crippen molar-refractivity contribution >= 4 is 22.5 Å². The van der Waals surface area contributed by atoms with Gasteiger partial charge in [0.05, 0.1) is 24.1 Å². The first kappa shape index (κ1) is 23.7. The van der Waals surface area contributed by atoms with E-state index in [1.54, 1.807) is 0 Å². The number of hydrogen-bond acceptors (Lipinski definition) is 5. The number of fused-ring (bicyclic) bond motifs is 1. The van der Waals surface area contributed by atoms with Gasteiger partial charge in [-0.25, -0.2) is 9.78 Å². The largest absolute Gasteiger partial charge is 0.383 e. The van der Waals surface area contributed by atoms with Gasteiger partial charge in [-0.05, 0) is 49.8 Å². The molecule has 0 spiro atoms. The lowest BCUT2D eigenvalue weighted by Crippen LogP contribution is -2.39. The number of rotatable bonds is 8. The number of aryl methyl sites for hydroxylation is 1. The number of para-hydroxylation sites is 2. The first-order valence-electron chi connectivity index (χ1n) is 12.5. The van der Waals surface area contributed by atoms with Crippen LogP contribution in [0.15, 0.2) is 75.8 Å². The van der Waals surface area contributed by atoms with Crippen LogP contribution in [0.3, 0.4) is 0 Å². The fourth-order valence-corrected chi connectivity index (χ4v) is 4.99. The summed E-state index contributed by atoms with van der Waals surface area (Å²) in [5.74, 6) is 0.998. The molecule has 0 amide bonds. The molecule has 0 saturated heterocycles. The van der Waals surface area contributed by atoms with E-state index in [-0.39, 0.29) is 12.4 Å². The zero-order chi connectivity index (χ0) is 25.1. The number of aromatic amines is 1. The molecular formula is C28H32N6O2. The molecule has 2 aromatic heterocycles. The summed E-state index contributed by atoms with van der Waals surface area (Å²) in [6, 6.07) is 17.6. The SMILES string of the molecule is Cn1c(CN(CCC2=CCCCC2)c2c(N)n(Cc3ccccc3)c(=O)[nH]c2=O)nc2ccccc21. The smallest absolute Gasteiger partial charge is 0.330 e. The molecular weight excluding hydrogens is 452 g/mol. The van der Waals surface area contributed by atoms with Crippen molar-refractivity contribution < 1.29 is 0 Å². The zero-order valence-electron chi connectivity index (χ0n) is 20.6. The van der Waals surface area contributed by atoms with Gasteiger partial charge in [0.2, 0.25) is 0 Å². The van der Waals surface area contributed by atoms with Crippen molar-refractivity contribution in [2.45, 2.75) is 45.2 Å². The molecule has 0 atom stereocenters. The van der Waals surface area contributed by atoms with Crippen LogP contribution in [-0.4, -0.2) is 25.6 Å². The van der Waals surface area contributed by atoms with Gasteiger partial charge in [0, 0.05) is 13.6 Å². The molecule has 2 aromatic carbocycles. The van der Waals surface area contributed by atoms with E-state index in [0.29, 0.717) is 18.8 Å². The van der Waals surface area contributed by atoms with Gasteiger partial charge in [0.25, 0.3) is 5.56 Å². The van der Waals surface area contributed by atoms with Gasteiger partial charge >= 0.3 is 5.69 Å². The Balaban J connectivity index is 1.55. The summed E-state index contributed by atoms with van der Waals surface area (Å²) in [7, 11) is 1.98. The van der Waals surface area contributed by atoms with E-state index in [0.717, 1.165) is 41.7 Å². The summed E-state index contributed by atoms with van der Waals surface area (Å²) in [5.41, 5.74) is 10.2. The van der Waals surface area contributed by atoms with E-state index in [9.17, 15) is 9.59 Å². The lowest BCUT2D eigenvalue weighted by atomic mass is 9.97. The minimum Gasteiger partial charge on any atom is -0.383 e. The van der Waals surface area contributed by atoms with Crippen LogP contribution < -0.4 is 21.9 Å². The molecule has 0 saturated carbocycles. The molecule has 186 valence electrons. The quantitative estimate of drug-likeness (QED) is 0.369. The highest BCUT2D eigenvalue weighted by atomic mass is 16.2. The topological polar surface area (TPSA) is 102 Å². The van der Waals surface area contributed by atoms with Crippen molar-refractivity contribution in [1.29, 1.82) is 0 Å². The summed E-state index contributed by atoms with van der Waals surface area (Å²) in [6.07, 6.45) is 7.76. The molecule has 5 rings (SSSR count). The molecule has 0 unspecified atom stereocenters. The van der Waals surface area contributed by atoms with Crippen LogP contribution in [0.2, 0.25) is 0 Å². The first-order chi connectivity index (χ1) is 17.5. The molecule has 4 aromatic rings. The Labute approximate surface area is 209 Å². The number of imidazole rings is 1. The zero-order valence-corrected chi connectivity index (χ0v) is 20.6. The van der Waals surface area contributed by atoms with Gasteiger partial charge in [-0.2, -0.15) is 0 Å². The van der Waals surface area contributed by atoms with Crippen molar-refractivity contribution in [1.82, 2.24) is 19.1 Å². The molecule has 36 heavy (non-hydrogen) atoms. The van der Waals surface area contributed by atoms with E-state index in [1.165, 1.54) is 23.0 Å². The number of nitrogens with two attached hydrogens (primary N) is 1. The second-order valence-electron chi connectivity index (χ2n) is 9.42. The van der Waals surface area contributed by atoms with E-state index < -0.39 is 11.2 Å². The van der Waals surface area contributed by atoms with Crippen molar-refractivity contribution in [3.63, 3.8) is 0 Å². The van der Waals surface area contributed by atoms with Crippen LogP contribution in [0, 0.1) is 0 Å². The predicted octanol–water partition coefficient (Wildman–Crippen LogP) is 3.95. The third-order valence-corrected chi connectivity index (χ3v) is 7.01. The summed E-state index contributed by atoms with van der Waals surface area (Å²) in [5, 5.41) is 0. The number of nitrogen functional groups attached to an aromatic ring is 1. The van der Waals surface area contributed by atoms with Gasteiger partial charge in [-0.15, -0.1) is 0 Å². The van der Waals surface area contributed by atoms with Crippen molar-refractivity contribution in [2.24, 2.45) is 7.05 Å². The standard InChI is InChI=1S/C28H32N6O2/c1-32-23-15-9-8-14-22(23)30-24(32)19-33(17-16-20-10-4-2-5-11-20)25-26(29)34(28(36)31-27(25)35)18-21-12-6-3-7-13-21/h3,6-10,12-15H,2,4-5,11,16-19,29H2,1H3,(H,31,35,36). The Morgan fingerprint density at radius 3 is 2.58 bits per heavy atom. The van der Waals surface area contributed by atoms with Crippen LogP contribution >= 0.6 is 0 Å². The maximum absolute atomic E-state index is 13.2. The number of nitrogens with zero attached hydrogens (tertiary/aromatic N) is 4. The Morgan fingerprint density at radius 1 is 1.06 bits per heavy atom. The number of anilines is 2. The summed E-state index contributed by atoms with van der Waals surface area (Å²) in [6.45, 7) is 1.28. The molecule has 8 heteroatoms. The van der Waals surface area contributed by atoms with E-state index in [2.05, 4.69) is 11.1 Å². The van der Waals surface area contributed by atoms with Crippen molar-refractivity contribution in [3.8, 4) is 0 Å². The maximum Gasteiger partial charge on any atom is 0.330 e. The van der Waals surface area contributed by atoms with Crippen LogP contribution in [-0.2, 0) is 20.1 Å². The molecule has 0 radical (unpaired) electrons. The molecule has 8 nitrogen and oxygen atoms in total. The van der Waals surface area contributed by atoms with Crippen molar-refractivity contribution in [2.75, 3.05) is 17.2 Å². The fourth-order valence-electron chi connectivity index (χ4n) is 4.99. The normalized spacial score (nSPS) is 13.6. The molecule has 1 aliphatic rings. The minimum atomic E-state index is -0.511. The molecule has 0 aliphatic heterocycles. The monoisotopic (exact) mass is 484 g/mol. The lowest BCUT2D eigenvalue weighted by molar-refractivity contribution is 0.648. The second kappa shape index (κ2) is 10.3. The van der Waals surface area contributed by atoms with E-state index in [1.807, 2.05) is 71.1 Å². The Morgan fingerprint density at radius 2 is 1.83 bits per heavy atom. The van der Waals surface area contributed by atoms with Crippen LogP contribution in [0.25, 0.3) is 11.0 Å². The fraction of sp³-hybridized carbons (Fsp3) is 0.321. The molecule has 0 fully saturated rings. The molecule has 3 N–H and O–H groups in total. The highest BCUT2D eigenvalue weighted by molar-refractivity contribution is 5.76. The van der Waals surface area contributed by atoms with E-state index in [4.69, 9.17) is 10.7 Å². The second-order valence-corrected chi connectivity index (χ2v) is 9.42. The van der Waals surface area contributed by atoms with Gasteiger partial charge < -0.3 is 15.2 Å². The number of allylic oxidation sites excluding steroid dienone is 1. The highest BCUT2D eigenvalue weighted by Gasteiger charge is 2.22. The number of benzene rings is 2. The van der Waals surface area contributed by atoms with Gasteiger partial charge in [0.1, 0.15) is 17.3 Å².